The van der Waals surface area contributed by atoms with E-state index in [1.54, 1.807) is 6.92 Å². The SMILES string of the molecule is CCCc1nsc(N=Nc2cc(OCC)c(N)cc2N=S(=O)(OC(F)F)C(F)(F)F)n1. The van der Waals surface area contributed by atoms with E-state index < -0.39 is 27.8 Å². The van der Waals surface area contributed by atoms with Gasteiger partial charge in [0.05, 0.1) is 12.3 Å². The molecule has 172 valence electrons. The second kappa shape index (κ2) is 10.2. The van der Waals surface area contributed by atoms with Gasteiger partial charge in [-0.2, -0.15) is 30.7 Å². The van der Waals surface area contributed by atoms with E-state index in [4.69, 9.17) is 10.5 Å². The smallest absolute Gasteiger partial charge is 0.492 e. The van der Waals surface area contributed by atoms with Crippen molar-refractivity contribution >= 4 is 43.7 Å². The zero-order valence-corrected chi connectivity index (χ0v) is 17.7. The molecule has 1 aromatic heterocycles. The number of ether oxygens (including phenoxy) is 1. The number of hydrogen-bond acceptors (Lipinski definition) is 10. The predicted molar refractivity (Wildman–Crippen MR) is 103 cm³/mol. The molecule has 1 aromatic carbocycles. The maximum Gasteiger partial charge on any atom is 0.504 e. The maximum absolute atomic E-state index is 13.2. The van der Waals surface area contributed by atoms with E-state index in [1.807, 2.05) is 6.92 Å². The Balaban J connectivity index is 2.61. The van der Waals surface area contributed by atoms with Gasteiger partial charge in [0.1, 0.15) is 22.9 Å². The number of benzene rings is 1. The molecule has 0 bridgehead atoms. The van der Waals surface area contributed by atoms with Crippen molar-refractivity contribution in [3.8, 4) is 5.75 Å². The zero-order valence-electron chi connectivity index (χ0n) is 16.1. The molecular formula is C15H17F5N6O3S2. The summed E-state index contributed by atoms with van der Waals surface area (Å²) in [6, 6.07) is 1.91. The van der Waals surface area contributed by atoms with Gasteiger partial charge in [-0.1, -0.05) is 6.92 Å². The summed E-state index contributed by atoms with van der Waals surface area (Å²) >= 11 is 0.890. The van der Waals surface area contributed by atoms with Crippen LogP contribution >= 0.6 is 11.5 Å². The van der Waals surface area contributed by atoms with E-state index in [0.29, 0.717) is 12.2 Å². The van der Waals surface area contributed by atoms with Gasteiger partial charge in [-0.25, -0.2) is 13.4 Å². The Morgan fingerprint density at radius 2 is 1.94 bits per heavy atom. The highest BCUT2D eigenvalue weighted by molar-refractivity contribution is 7.90. The highest BCUT2D eigenvalue weighted by Gasteiger charge is 2.47. The molecule has 9 nitrogen and oxygen atoms in total. The Hall–Kier alpha value is -2.46. The first-order chi connectivity index (χ1) is 14.5. The molecule has 0 aliphatic rings. The van der Waals surface area contributed by atoms with E-state index in [1.165, 1.54) is 0 Å². The Bertz CT molecular complexity index is 1050. The normalized spacial score (nSPS) is 14.2. The van der Waals surface area contributed by atoms with Crippen LogP contribution in [-0.2, 0) is 20.6 Å². The minimum atomic E-state index is -5.86. The number of hydrogen-bond donors (Lipinski definition) is 1. The molecule has 0 saturated heterocycles. The average Bonchev–Trinajstić information content (AvgIpc) is 3.09. The zero-order chi connectivity index (χ0) is 23.2. The van der Waals surface area contributed by atoms with Crippen molar-refractivity contribution in [2.45, 2.75) is 38.8 Å². The molecule has 0 amide bonds. The van der Waals surface area contributed by atoms with Crippen molar-refractivity contribution in [3.63, 3.8) is 0 Å². The number of azo groups is 1. The summed E-state index contributed by atoms with van der Waals surface area (Å²) < 4.78 is 92.0. The van der Waals surface area contributed by atoms with Crippen LogP contribution in [0.4, 0.5) is 44.1 Å². The monoisotopic (exact) mass is 488 g/mol. The fourth-order valence-electron chi connectivity index (χ4n) is 2.07. The van der Waals surface area contributed by atoms with Crippen molar-refractivity contribution in [1.82, 2.24) is 9.36 Å². The Kier molecular flexibility index (Phi) is 8.19. The van der Waals surface area contributed by atoms with Gasteiger partial charge >= 0.3 is 12.1 Å². The Morgan fingerprint density at radius 3 is 2.52 bits per heavy atom. The molecule has 16 heteroatoms. The van der Waals surface area contributed by atoms with Crippen LogP contribution in [-0.4, -0.2) is 32.3 Å². The van der Waals surface area contributed by atoms with Crippen molar-refractivity contribution in [2.75, 3.05) is 12.3 Å². The van der Waals surface area contributed by atoms with Gasteiger partial charge in [0.2, 0.25) is 5.13 Å². The number of alkyl halides is 5. The van der Waals surface area contributed by atoms with Crippen LogP contribution < -0.4 is 10.5 Å². The topological polar surface area (TPSA) is 124 Å². The molecule has 2 aromatic rings. The van der Waals surface area contributed by atoms with Crippen molar-refractivity contribution < 1.29 is 35.1 Å². The third-order valence-corrected chi connectivity index (χ3v) is 5.36. The van der Waals surface area contributed by atoms with Crippen LogP contribution in [0.5, 0.6) is 5.75 Å². The maximum atomic E-state index is 13.2. The van der Waals surface area contributed by atoms with Gasteiger partial charge in [-0.3, -0.25) is 0 Å². The highest BCUT2D eigenvalue weighted by atomic mass is 32.2. The third kappa shape index (κ3) is 6.51. The number of rotatable bonds is 9. The van der Waals surface area contributed by atoms with Gasteiger partial charge in [0.15, 0.2) is 0 Å². The minimum Gasteiger partial charge on any atom is -0.492 e. The quantitative estimate of drug-likeness (QED) is 0.276. The second-order valence-electron chi connectivity index (χ2n) is 5.62. The number of nitrogens with two attached hydrogens (primary N) is 1. The van der Waals surface area contributed by atoms with Gasteiger partial charge in [-0.15, -0.1) is 10.2 Å². The fraction of sp³-hybridized carbons (Fsp3) is 0.467. The lowest BCUT2D eigenvalue weighted by atomic mass is 10.2. The largest absolute Gasteiger partial charge is 0.504 e. The fourth-order valence-corrected chi connectivity index (χ4v) is 3.47. The number of nitrogens with zero attached hydrogens (tertiary/aromatic N) is 5. The standard InChI is InChI=1S/C15H17F5N6O3S2/c1-3-5-12-22-14(30-25-12)24-23-9-7-11(28-4-2)8(21)6-10(9)26-31(27,15(18,19)20)29-13(16)17/h6-7,13H,3-5,21H2,1-2H3. The first kappa shape index (κ1) is 24.8. The van der Waals surface area contributed by atoms with Gasteiger partial charge in [-0.05, 0) is 19.4 Å². The van der Waals surface area contributed by atoms with Crippen LogP contribution in [0.15, 0.2) is 26.7 Å². The molecule has 2 rings (SSSR count). The van der Waals surface area contributed by atoms with Crippen LogP contribution in [0.3, 0.4) is 0 Å². The predicted octanol–water partition coefficient (Wildman–Crippen LogP) is 5.66. The Morgan fingerprint density at radius 1 is 1.23 bits per heavy atom. The average molecular weight is 488 g/mol. The van der Waals surface area contributed by atoms with Crippen LogP contribution in [0, 0.1) is 0 Å². The molecule has 1 heterocycles. The van der Waals surface area contributed by atoms with Crippen LogP contribution in [0.25, 0.3) is 0 Å². The van der Waals surface area contributed by atoms with Gasteiger partial charge in [0, 0.05) is 24.0 Å². The number of anilines is 1. The summed E-state index contributed by atoms with van der Waals surface area (Å²) in [7, 11) is -5.86. The molecular weight excluding hydrogens is 471 g/mol. The molecule has 0 fully saturated rings. The van der Waals surface area contributed by atoms with E-state index >= 15 is 0 Å². The van der Waals surface area contributed by atoms with E-state index in [0.717, 1.165) is 30.1 Å². The summed E-state index contributed by atoms with van der Waals surface area (Å²) in [6.45, 7) is -0.301. The lowest BCUT2D eigenvalue weighted by Crippen LogP contribution is -2.27. The molecule has 0 radical (unpaired) electrons. The first-order valence-electron chi connectivity index (χ1n) is 8.59. The second-order valence-corrected chi connectivity index (χ2v) is 8.14. The van der Waals surface area contributed by atoms with E-state index in [-0.39, 0.29) is 28.9 Å². The minimum absolute atomic E-state index is 0.0209. The molecule has 1 unspecified atom stereocenters. The molecule has 2 N–H and O–H groups in total. The van der Waals surface area contributed by atoms with Crippen LogP contribution in [0.2, 0.25) is 0 Å². The third-order valence-electron chi connectivity index (χ3n) is 3.30. The number of nitrogen functional groups attached to an aromatic ring is 1. The number of aryl methyl sites for hydroxylation is 1. The summed E-state index contributed by atoms with van der Waals surface area (Å²) in [5, 5.41) is 7.61. The van der Waals surface area contributed by atoms with Gasteiger partial charge in [0.25, 0.3) is 10.0 Å². The van der Waals surface area contributed by atoms with E-state index in [2.05, 4.69) is 28.1 Å². The van der Waals surface area contributed by atoms with Crippen molar-refractivity contribution in [1.29, 1.82) is 0 Å². The van der Waals surface area contributed by atoms with Crippen molar-refractivity contribution in [3.05, 3.63) is 18.0 Å². The first-order valence-corrected chi connectivity index (χ1v) is 10.8. The van der Waals surface area contributed by atoms with E-state index in [9.17, 15) is 26.2 Å². The molecule has 0 aliphatic carbocycles. The lowest BCUT2D eigenvalue weighted by Gasteiger charge is -2.14. The lowest BCUT2D eigenvalue weighted by molar-refractivity contribution is -0.0856. The Labute approximate surface area is 178 Å². The molecule has 0 aliphatic heterocycles. The van der Waals surface area contributed by atoms with Crippen molar-refractivity contribution in [2.24, 2.45) is 14.6 Å². The summed E-state index contributed by atoms with van der Waals surface area (Å²) in [4.78, 5) is 4.07. The highest BCUT2D eigenvalue weighted by Crippen LogP contribution is 2.41. The number of aromatic nitrogens is 2. The van der Waals surface area contributed by atoms with Crippen LogP contribution in [0.1, 0.15) is 26.1 Å². The number of halogens is 5. The molecule has 0 spiro atoms. The van der Waals surface area contributed by atoms with Gasteiger partial charge < -0.3 is 10.5 Å². The summed E-state index contributed by atoms with van der Waals surface area (Å²) in [5.41, 5.74) is -1.34. The summed E-state index contributed by atoms with van der Waals surface area (Å²) in [5.74, 6) is 0.525. The molecule has 0 saturated carbocycles. The molecule has 31 heavy (non-hydrogen) atoms. The summed E-state index contributed by atoms with van der Waals surface area (Å²) in [6.07, 6.45) is 1.36. The molecule has 1 atom stereocenters.